The van der Waals surface area contributed by atoms with Crippen molar-refractivity contribution in [1.82, 2.24) is 10.2 Å². The fraction of sp³-hybridized carbons (Fsp3) is 0.533. The zero-order valence-corrected chi connectivity index (χ0v) is 13.1. The van der Waals surface area contributed by atoms with Crippen molar-refractivity contribution < 1.29 is 13.7 Å². The lowest BCUT2D eigenvalue weighted by molar-refractivity contribution is -0.130. The Balaban J connectivity index is 1.86. The minimum absolute atomic E-state index is 0.140. The van der Waals surface area contributed by atoms with E-state index in [1.807, 2.05) is 29.2 Å². The van der Waals surface area contributed by atoms with Crippen molar-refractivity contribution in [1.29, 1.82) is 0 Å². The first-order valence-corrected chi connectivity index (χ1v) is 8.81. The zero-order chi connectivity index (χ0) is 15.0. The number of ether oxygens (including phenoxy) is 1. The third kappa shape index (κ3) is 2.70. The molecule has 1 saturated carbocycles. The summed E-state index contributed by atoms with van der Waals surface area (Å²) in [6.07, 6.45) is 3.29. The van der Waals surface area contributed by atoms with E-state index in [2.05, 4.69) is 5.32 Å². The van der Waals surface area contributed by atoms with Crippen LogP contribution in [0.15, 0.2) is 24.3 Å². The van der Waals surface area contributed by atoms with E-state index in [4.69, 9.17) is 4.74 Å². The Morgan fingerprint density at radius 3 is 2.86 bits per heavy atom. The molecule has 1 aliphatic heterocycles. The number of rotatable bonds is 5. The molecule has 1 aromatic rings. The van der Waals surface area contributed by atoms with Crippen LogP contribution in [0.3, 0.4) is 0 Å². The standard InChI is InChI=1S/C15H20N2O3S/c1-20-12-5-3-4-11(10-12)13-16-15(6-7-15)14(18)17(13)8-9-21(2)19/h3-5,10,13,16H,6-9H2,1-2H3. The van der Waals surface area contributed by atoms with Gasteiger partial charge in [0.1, 0.15) is 17.5 Å². The molecule has 0 radical (unpaired) electrons. The van der Waals surface area contributed by atoms with Gasteiger partial charge < -0.3 is 9.64 Å². The molecule has 6 heteroatoms. The van der Waals surface area contributed by atoms with E-state index in [0.717, 1.165) is 24.2 Å². The highest BCUT2D eigenvalue weighted by molar-refractivity contribution is 7.84. The molecule has 2 unspecified atom stereocenters. The van der Waals surface area contributed by atoms with Crippen LogP contribution in [0.2, 0.25) is 0 Å². The van der Waals surface area contributed by atoms with E-state index in [0.29, 0.717) is 12.3 Å². The van der Waals surface area contributed by atoms with Gasteiger partial charge in [-0.3, -0.25) is 14.3 Å². The van der Waals surface area contributed by atoms with Crippen molar-refractivity contribution in [3.63, 3.8) is 0 Å². The molecule has 5 nitrogen and oxygen atoms in total. The molecule has 1 aliphatic carbocycles. The first-order chi connectivity index (χ1) is 10.1. The fourth-order valence-electron chi connectivity index (χ4n) is 2.81. The Bertz CT molecular complexity index is 586. The van der Waals surface area contributed by atoms with Crippen molar-refractivity contribution in [3.8, 4) is 5.75 Å². The summed E-state index contributed by atoms with van der Waals surface area (Å²) in [5.74, 6) is 1.42. The molecule has 2 atom stereocenters. The summed E-state index contributed by atoms with van der Waals surface area (Å²) in [5.41, 5.74) is 0.636. The van der Waals surface area contributed by atoms with Gasteiger partial charge in [-0.25, -0.2) is 0 Å². The SMILES string of the molecule is COc1cccc(C2NC3(CC3)C(=O)N2CCS(C)=O)c1. The second-order valence-electron chi connectivity index (χ2n) is 5.68. The maximum Gasteiger partial charge on any atom is 0.244 e. The van der Waals surface area contributed by atoms with Crippen LogP contribution in [0.1, 0.15) is 24.6 Å². The van der Waals surface area contributed by atoms with Crippen LogP contribution in [-0.4, -0.2) is 46.2 Å². The van der Waals surface area contributed by atoms with Gasteiger partial charge in [0.15, 0.2) is 0 Å². The average Bonchev–Trinajstić information content (AvgIpc) is 3.20. The van der Waals surface area contributed by atoms with E-state index >= 15 is 0 Å². The number of amides is 1. The van der Waals surface area contributed by atoms with Gasteiger partial charge in [-0.2, -0.15) is 0 Å². The minimum atomic E-state index is -0.905. The third-order valence-corrected chi connectivity index (χ3v) is 4.93. The van der Waals surface area contributed by atoms with Gasteiger partial charge in [0.25, 0.3) is 0 Å². The lowest BCUT2D eigenvalue weighted by atomic mass is 10.1. The number of nitrogens with zero attached hydrogens (tertiary/aromatic N) is 1. The van der Waals surface area contributed by atoms with E-state index < -0.39 is 10.8 Å². The molecule has 1 N–H and O–H groups in total. The summed E-state index contributed by atoms with van der Waals surface area (Å²) in [6, 6.07) is 7.75. The molecular weight excluding hydrogens is 288 g/mol. The molecule has 1 heterocycles. The first-order valence-electron chi connectivity index (χ1n) is 7.08. The molecule has 21 heavy (non-hydrogen) atoms. The Kier molecular flexibility index (Phi) is 3.75. The van der Waals surface area contributed by atoms with Gasteiger partial charge in [0.05, 0.1) is 7.11 Å². The van der Waals surface area contributed by atoms with E-state index in [9.17, 15) is 9.00 Å². The van der Waals surface area contributed by atoms with E-state index in [-0.39, 0.29) is 17.6 Å². The van der Waals surface area contributed by atoms with Crippen LogP contribution < -0.4 is 10.1 Å². The average molecular weight is 308 g/mol. The fourth-order valence-corrected chi connectivity index (χ4v) is 3.26. The van der Waals surface area contributed by atoms with Crippen LogP contribution in [-0.2, 0) is 15.6 Å². The summed E-state index contributed by atoms with van der Waals surface area (Å²) in [4.78, 5) is 14.4. The molecule has 1 saturated heterocycles. The Morgan fingerprint density at radius 2 is 2.24 bits per heavy atom. The van der Waals surface area contributed by atoms with Crippen LogP contribution in [0, 0.1) is 0 Å². The Morgan fingerprint density at radius 1 is 1.48 bits per heavy atom. The summed E-state index contributed by atoms with van der Waals surface area (Å²) in [6.45, 7) is 0.512. The number of hydrogen-bond donors (Lipinski definition) is 1. The third-order valence-electron chi connectivity index (χ3n) is 4.17. The topological polar surface area (TPSA) is 58.6 Å². The van der Waals surface area contributed by atoms with Crippen LogP contribution in [0.4, 0.5) is 0 Å². The van der Waals surface area contributed by atoms with Gasteiger partial charge >= 0.3 is 0 Å². The lowest BCUT2D eigenvalue weighted by Crippen LogP contribution is -2.34. The van der Waals surface area contributed by atoms with Gasteiger partial charge in [-0.1, -0.05) is 12.1 Å². The maximum absolute atomic E-state index is 12.6. The highest BCUT2D eigenvalue weighted by Gasteiger charge is 2.59. The molecule has 1 spiro atoms. The molecule has 2 fully saturated rings. The first kappa shape index (κ1) is 14.5. The molecule has 1 aromatic carbocycles. The molecular formula is C15H20N2O3S. The van der Waals surface area contributed by atoms with Crippen LogP contribution >= 0.6 is 0 Å². The predicted octanol–water partition coefficient (Wildman–Crippen LogP) is 1.04. The number of carbonyl (C=O) groups is 1. The summed E-state index contributed by atoms with van der Waals surface area (Å²) < 4.78 is 16.6. The van der Waals surface area contributed by atoms with Crippen LogP contribution in [0.5, 0.6) is 5.75 Å². The molecule has 2 aliphatic rings. The number of nitrogens with one attached hydrogen (secondary N) is 1. The number of carbonyl (C=O) groups excluding carboxylic acids is 1. The summed E-state index contributed by atoms with van der Waals surface area (Å²) in [7, 11) is 0.727. The van der Waals surface area contributed by atoms with Crippen molar-refractivity contribution in [2.75, 3.05) is 25.7 Å². The lowest BCUT2D eigenvalue weighted by Gasteiger charge is -2.24. The van der Waals surface area contributed by atoms with Crippen LogP contribution in [0.25, 0.3) is 0 Å². The normalized spacial score (nSPS) is 24.4. The Labute approximate surface area is 127 Å². The monoisotopic (exact) mass is 308 g/mol. The van der Waals surface area contributed by atoms with Gasteiger partial charge in [-0.15, -0.1) is 0 Å². The molecule has 3 rings (SSSR count). The second-order valence-corrected chi connectivity index (χ2v) is 7.24. The number of hydrogen-bond acceptors (Lipinski definition) is 4. The van der Waals surface area contributed by atoms with E-state index in [1.54, 1.807) is 13.4 Å². The highest BCUT2D eigenvalue weighted by Crippen LogP contribution is 2.46. The van der Waals surface area contributed by atoms with Gasteiger partial charge in [0, 0.05) is 29.4 Å². The van der Waals surface area contributed by atoms with Crippen molar-refractivity contribution >= 4 is 16.7 Å². The predicted molar refractivity (Wildman–Crippen MR) is 81.5 cm³/mol. The number of benzene rings is 1. The molecule has 0 aromatic heterocycles. The second kappa shape index (κ2) is 5.42. The zero-order valence-electron chi connectivity index (χ0n) is 12.3. The summed E-state index contributed by atoms with van der Waals surface area (Å²) >= 11 is 0. The minimum Gasteiger partial charge on any atom is -0.497 e. The quantitative estimate of drug-likeness (QED) is 0.883. The molecule has 114 valence electrons. The maximum atomic E-state index is 12.6. The van der Waals surface area contributed by atoms with Crippen molar-refractivity contribution in [3.05, 3.63) is 29.8 Å². The van der Waals surface area contributed by atoms with Crippen molar-refractivity contribution in [2.45, 2.75) is 24.5 Å². The molecule has 0 bridgehead atoms. The largest absolute Gasteiger partial charge is 0.497 e. The van der Waals surface area contributed by atoms with Gasteiger partial charge in [-0.05, 0) is 30.5 Å². The van der Waals surface area contributed by atoms with Crippen molar-refractivity contribution in [2.24, 2.45) is 0 Å². The Hall–Kier alpha value is -1.40. The van der Waals surface area contributed by atoms with E-state index in [1.165, 1.54) is 0 Å². The highest BCUT2D eigenvalue weighted by atomic mass is 32.2. The summed E-state index contributed by atoms with van der Waals surface area (Å²) in [5, 5.41) is 3.45. The smallest absolute Gasteiger partial charge is 0.244 e. The van der Waals surface area contributed by atoms with Gasteiger partial charge in [0.2, 0.25) is 5.91 Å². The number of methoxy groups -OCH3 is 1. The molecule has 1 amide bonds.